The summed E-state index contributed by atoms with van der Waals surface area (Å²) in [4.78, 5) is 0. The zero-order valence-corrected chi connectivity index (χ0v) is 11.8. The van der Waals surface area contributed by atoms with E-state index < -0.39 is 5.82 Å². The molecule has 0 saturated carbocycles. The van der Waals surface area contributed by atoms with Gasteiger partial charge in [0.2, 0.25) is 0 Å². The molecule has 0 aliphatic rings. The van der Waals surface area contributed by atoms with Crippen LogP contribution in [0, 0.1) is 12.7 Å². The van der Waals surface area contributed by atoms with Crippen LogP contribution in [0.5, 0.6) is 0 Å². The van der Waals surface area contributed by atoms with Gasteiger partial charge in [-0.15, -0.1) is 5.10 Å². The van der Waals surface area contributed by atoms with Gasteiger partial charge >= 0.3 is 0 Å². The smallest absolute Gasteiger partial charge is 0.187 e. The van der Waals surface area contributed by atoms with Crippen LogP contribution in [0.4, 0.5) is 10.1 Å². The van der Waals surface area contributed by atoms with Crippen LogP contribution in [0.25, 0.3) is 17.1 Å². The molecule has 0 radical (unpaired) electrons. The lowest BCUT2D eigenvalue weighted by Crippen LogP contribution is -2.03. The quantitative estimate of drug-likeness (QED) is 0.739. The first kappa shape index (κ1) is 13.5. The van der Waals surface area contributed by atoms with Gasteiger partial charge in [-0.3, -0.25) is 0 Å². The number of nitrogen functional groups attached to an aromatic ring is 1. The van der Waals surface area contributed by atoms with Crippen molar-refractivity contribution in [2.24, 2.45) is 0 Å². The van der Waals surface area contributed by atoms with Crippen molar-refractivity contribution in [3.05, 3.63) is 52.8 Å². The van der Waals surface area contributed by atoms with Crippen LogP contribution in [0.1, 0.15) is 5.56 Å². The monoisotopic (exact) mass is 303 g/mol. The molecule has 0 aliphatic carbocycles. The molecule has 0 spiro atoms. The first-order chi connectivity index (χ1) is 10.1. The standard InChI is InChI=1S/C14H11ClFN5/c1-8-3-2-4-10(15)13(8)21-14(18-19-20-21)9-5-6-12(17)11(16)7-9/h2-7H,17H2,1H3. The first-order valence-electron chi connectivity index (χ1n) is 6.17. The van der Waals surface area contributed by atoms with Gasteiger partial charge in [-0.05, 0) is 47.2 Å². The van der Waals surface area contributed by atoms with Crippen LogP contribution in [-0.4, -0.2) is 20.2 Å². The Bertz CT molecular complexity index is 795. The minimum Gasteiger partial charge on any atom is -0.396 e. The normalized spacial score (nSPS) is 10.8. The molecule has 0 bridgehead atoms. The predicted octanol–water partition coefficient (Wildman–Crippen LogP) is 3.01. The summed E-state index contributed by atoms with van der Waals surface area (Å²) in [7, 11) is 0. The van der Waals surface area contributed by atoms with Gasteiger partial charge in [-0.1, -0.05) is 23.7 Å². The highest BCUT2D eigenvalue weighted by atomic mass is 35.5. The van der Waals surface area contributed by atoms with E-state index in [4.69, 9.17) is 17.3 Å². The lowest BCUT2D eigenvalue weighted by molar-refractivity contribution is 0.632. The molecule has 1 aromatic heterocycles. The summed E-state index contributed by atoms with van der Waals surface area (Å²) < 4.78 is 15.1. The van der Waals surface area contributed by atoms with E-state index in [0.717, 1.165) is 5.56 Å². The van der Waals surface area contributed by atoms with E-state index in [0.29, 0.717) is 22.1 Å². The van der Waals surface area contributed by atoms with E-state index in [1.807, 2.05) is 19.1 Å². The zero-order chi connectivity index (χ0) is 15.0. The Labute approximate surface area is 125 Å². The topological polar surface area (TPSA) is 69.6 Å². The molecule has 7 heteroatoms. The highest BCUT2D eigenvalue weighted by Crippen LogP contribution is 2.28. The van der Waals surface area contributed by atoms with Crippen molar-refractivity contribution in [3.63, 3.8) is 0 Å². The van der Waals surface area contributed by atoms with Gasteiger partial charge in [0, 0.05) is 5.56 Å². The summed E-state index contributed by atoms with van der Waals surface area (Å²) in [5.41, 5.74) is 7.65. The molecule has 5 nitrogen and oxygen atoms in total. The van der Waals surface area contributed by atoms with Crippen molar-refractivity contribution in [1.29, 1.82) is 0 Å². The van der Waals surface area contributed by atoms with Gasteiger partial charge in [0.1, 0.15) is 5.82 Å². The van der Waals surface area contributed by atoms with Crippen LogP contribution in [0.15, 0.2) is 36.4 Å². The summed E-state index contributed by atoms with van der Waals surface area (Å²) in [6.07, 6.45) is 0. The van der Waals surface area contributed by atoms with Crippen LogP contribution in [-0.2, 0) is 0 Å². The van der Waals surface area contributed by atoms with E-state index >= 15 is 0 Å². The highest BCUT2D eigenvalue weighted by Gasteiger charge is 2.16. The maximum absolute atomic E-state index is 13.6. The molecular weight excluding hydrogens is 293 g/mol. The Balaban J connectivity index is 2.20. The third-order valence-electron chi connectivity index (χ3n) is 3.13. The average Bonchev–Trinajstić information content (AvgIpc) is 2.91. The molecule has 0 saturated heterocycles. The van der Waals surface area contributed by atoms with E-state index in [2.05, 4.69) is 15.5 Å². The summed E-state index contributed by atoms with van der Waals surface area (Å²) in [5.74, 6) is -0.122. The van der Waals surface area contributed by atoms with Crippen LogP contribution in [0.2, 0.25) is 5.02 Å². The number of rotatable bonds is 2. The van der Waals surface area contributed by atoms with Gasteiger partial charge in [-0.2, -0.15) is 4.68 Å². The Kier molecular flexibility index (Phi) is 3.31. The number of nitrogens with zero attached hydrogens (tertiary/aromatic N) is 4. The van der Waals surface area contributed by atoms with Crippen LogP contribution >= 0.6 is 11.6 Å². The van der Waals surface area contributed by atoms with Crippen molar-refractivity contribution in [3.8, 4) is 17.1 Å². The number of aromatic nitrogens is 4. The molecule has 1 heterocycles. The molecule has 0 amide bonds. The second-order valence-electron chi connectivity index (χ2n) is 4.56. The number of aryl methyl sites for hydroxylation is 1. The van der Waals surface area contributed by atoms with Crippen molar-refractivity contribution in [1.82, 2.24) is 20.2 Å². The molecule has 0 atom stereocenters. The Morgan fingerprint density at radius 2 is 2.05 bits per heavy atom. The Morgan fingerprint density at radius 1 is 1.24 bits per heavy atom. The molecule has 3 aromatic rings. The molecule has 21 heavy (non-hydrogen) atoms. The van der Waals surface area contributed by atoms with E-state index in [1.165, 1.54) is 16.8 Å². The minimum absolute atomic E-state index is 0.0756. The van der Waals surface area contributed by atoms with Crippen LogP contribution < -0.4 is 5.73 Å². The van der Waals surface area contributed by atoms with Gasteiger partial charge < -0.3 is 5.73 Å². The fourth-order valence-corrected chi connectivity index (χ4v) is 2.38. The number of benzene rings is 2. The second kappa shape index (κ2) is 5.14. The van der Waals surface area contributed by atoms with Gasteiger partial charge in [0.15, 0.2) is 5.82 Å². The number of tetrazole rings is 1. The molecule has 2 aromatic carbocycles. The van der Waals surface area contributed by atoms with Crippen molar-refractivity contribution < 1.29 is 4.39 Å². The van der Waals surface area contributed by atoms with Gasteiger partial charge in [-0.25, -0.2) is 4.39 Å². The second-order valence-corrected chi connectivity index (χ2v) is 4.96. The number of nitrogens with two attached hydrogens (primary N) is 1. The molecule has 0 aliphatic heterocycles. The molecule has 0 unspecified atom stereocenters. The lowest BCUT2D eigenvalue weighted by atomic mass is 10.1. The first-order valence-corrected chi connectivity index (χ1v) is 6.55. The lowest BCUT2D eigenvalue weighted by Gasteiger charge is -2.10. The SMILES string of the molecule is Cc1cccc(Cl)c1-n1nnnc1-c1ccc(N)c(F)c1. The third-order valence-corrected chi connectivity index (χ3v) is 3.43. The summed E-state index contributed by atoms with van der Waals surface area (Å²) in [6.45, 7) is 1.90. The predicted molar refractivity (Wildman–Crippen MR) is 78.7 cm³/mol. The Morgan fingerprint density at radius 3 is 2.76 bits per heavy atom. The third kappa shape index (κ3) is 2.34. The van der Waals surface area contributed by atoms with E-state index in [9.17, 15) is 4.39 Å². The van der Waals surface area contributed by atoms with Gasteiger partial charge in [0.25, 0.3) is 0 Å². The number of anilines is 1. The van der Waals surface area contributed by atoms with E-state index in [1.54, 1.807) is 12.1 Å². The fraction of sp³-hybridized carbons (Fsp3) is 0.0714. The highest BCUT2D eigenvalue weighted by molar-refractivity contribution is 6.32. The summed E-state index contributed by atoms with van der Waals surface area (Å²) in [5, 5.41) is 12.1. The zero-order valence-electron chi connectivity index (χ0n) is 11.1. The molecule has 0 fully saturated rings. The van der Waals surface area contributed by atoms with Crippen LogP contribution in [0.3, 0.4) is 0 Å². The fourth-order valence-electron chi connectivity index (χ4n) is 2.08. The number of hydrogen-bond donors (Lipinski definition) is 1. The van der Waals surface area contributed by atoms with Crippen molar-refractivity contribution >= 4 is 17.3 Å². The number of hydrogen-bond acceptors (Lipinski definition) is 4. The van der Waals surface area contributed by atoms with Gasteiger partial charge in [0.05, 0.1) is 16.4 Å². The molecule has 106 valence electrons. The minimum atomic E-state index is -0.516. The summed E-state index contributed by atoms with van der Waals surface area (Å²) >= 11 is 6.23. The molecule has 2 N–H and O–H groups in total. The number of para-hydroxylation sites is 1. The number of halogens is 2. The Hall–Kier alpha value is -2.47. The maximum atomic E-state index is 13.6. The average molecular weight is 304 g/mol. The molecule has 3 rings (SSSR count). The largest absolute Gasteiger partial charge is 0.396 e. The summed E-state index contributed by atoms with van der Waals surface area (Å²) in [6, 6.07) is 9.92. The van der Waals surface area contributed by atoms with E-state index in [-0.39, 0.29) is 5.69 Å². The van der Waals surface area contributed by atoms with Crippen molar-refractivity contribution in [2.45, 2.75) is 6.92 Å². The molecular formula is C14H11ClFN5. The van der Waals surface area contributed by atoms with Crippen molar-refractivity contribution in [2.75, 3.05) is 5.73 Å². The maximum Gasteiger partial charge on any atom is 0.187 e.